The molecule has 2 heterocycles. The third kappa shape index (κ3) is 37.7. The van der Waals surface area contributed by atoms with E-state index >= 15 is 0 Å². The first-order valence-corrected chi connectivity index (χ1v) is 34.2. The molecular weight excluding hydrogens is 1040 g/mol. The Hall–Kier alpha value is -1.79. The fourth-order valence-electron chi connectivity index (χ4n) is 11.3. The largest absolute Gasteiger partial charge is 0.394 e. The van der Waals surface area contributed by atoms with E-state index in [9.17, 15) is 45.6 Å². The van der Waals surface area contributed by atoms with Gasteiger partial charge in [0.25, 0.3) is 0 Å². The number of nitrogens with one attached hydrogen (secondary N) is 1. The van der Waals surface area contributed by atoms with Crippen LogP contribution < -0.4 is 5.32 Å². The zero-order valence-electron chi connectivity index (χ0n) is 52.2. The Morgan fingerprint density at radius 2 is 0.780 bits per heavy atom. The number of aliphatic hydroxyl groups excluding tert-OH is 8. The molecule has 9 N–H and O–H groups in total. The van der Waals surface area contributed by atoms with Crippen molar-refractivity contribution in [2.24, 2.45) is 0 Å². The second kappa shape index (κ2) is 53.4. The van der Waals surface area contributed by atoms with Crippen molar-refractivity contribution in [3.05, 3.63) is 36.5 Å². The van der Waals surface area contributed by atoms with Gasteiger partial charge in [-0.2, -0.15) is 0 Å². The van der Waals surface area contributed by atoms with Crippen molar-refractivity contribution in [1.29, 1.82) is 0 Å². The van der Waals surface area contributed by atoms with Crippen molar-refractivity contribution in [3.63, 3.8) is 0 Å². The first-order chi connectivity index (χ1) is 40.1. The maximum Gasteiger partial charge on any atom is 0.220 e. The minimum Gasteiger partial charge on any atom is -0.394 e. The van der Waals surface area contributed by atoms with Gasteiger partial charge in [0.2, 0.25) is 5.91 Å². The second-order valence-electron chi connectivity index (χ2n) is 24.3. The van der Waals surface area contributed by atoms with Crippen LogP contribution in [0.1, 0.15) is 296 Å². The highest BCUT2D eigenvalue weighted by atomic mass is 16.7. The standard InChI is InChI=1S/C68H127NO13/c1-3-5-7-9-11-13-15-17-19-21-23-24-25-26-27-28-29-30-31-32-33-34-35-37-39-41-43-45-47-49-51-57(72)56(69-60(73)52-50-48-46-44-42-40-38-36-22-20-18-16-14-12-10-8-6-4-2)55-79-67-65(78)63(76)66(59(54-71)81-67)82-68-64(77)62(75)61(74)58(53-70)80-68/h20,22,41,43,49,51,56-59,61-68,70-72,74-78H,3-19,21,23-40,42,44-48,50,52-55H2,1-2H3,(H,69,73)/b22-20-,43-41+,51-49+. The minimum absolute atomic E-state index is 0.251. The monoisotopic (exact) mass is 1170 g/mol. The highest BCUT2D eigenvalue weighted by Gasteiger charge is 2.51. The number of ether oxygens (including phenoxy) is 4. The van der Waals surface area contributed by atoms with Gasteiger partial charge in [-0.1, -0.05) is 269 Å². The van der Waals surface area contributed by atoms with Crippen molar-refractivity contribution < 1.29 is 64.6 Å². The Labute approximate surface area is 500 Å². The molecule has 12 atom stereocenters. The molecule has 2 aliphatic heterocycles. The van der Waals surface area contributed by atoms with E-state index < -0.39 is 86.8 Å². The molecule has 2 fully saturated rings. The molecule has 14 nitrogen and oxygen atoms in total. The Morgan fingerprint density at radius 3 is 1.20 bits per heavy atom. The molecule has 0 aliphatic carbocycles. The second-order valence-corrected chi connectivity index (χ2v) is 24.3. The highest BCUT2D eigenvalue weighted by Crippen LogP contribution is 2.30. The van der Waals surface area contributed by atoms with Crippen LogP contribution in [0.15, 0.2) is 36.5 Å². The van der Waals surface area contributed by atoms with E-state index in [0.29, 0.717) is 12.8 Å². The number of rotatable bonds is 56. The molecule has 0 spiro atoms. The zero-order chi connectivity index (χ0) is 59.5. The Balaban J connectivity index is 1.70. The van der Waals surface area contributed by atoms with Crippen molar-refractivity contribution in [2.75, 3.05) is 19.8 Å². The molecule has 0 aromatic rings. The molecule has 0 aromatic heterocycles. The van der Waals surface area contributed by atoms with Crippen LogP contribution in [0.3, 0.4) is 0 Å². The van der Waals surface area contributed by atoms with E-state index in [1.54, 1.807) is 6.08 Å². The van der Waals surface area contributed by atoms with Gasteiger partial charge < -0.3 is 65.1 Å². The molecule has 0 saturated carbocycles. The van der Waals surface area contributed by atoms with Gasteiger partial charge in [0.05, 0.1) is 32.0 Å². The Kier molecular flexibility index (Phi) is 49.7. The van der Waals surface area contributed by atoms with E-state index in [2.05, 4.69) is 43.5 Å². The van der Waals surface area contributed by atoms with E-state index in [0.717, 1.165) is 38.5 Å². The van der Waals surface area contributed by atoms with Crippen LogP contribution >= 0.6 is 0 Å². The number of allylic oxidation sites excluding steroid dienone is 5. The van der Waals surface area contributed by atoms with E-state index in [-0.39, 0.29) is 18.9 Å². The number of aliphatic hydroxyl groups is 8. The number of hydrogen-bond donors (Lipinski definition) is 9. The van der Waals surface area contributed by atoms with E-state index in [1.807, 2.05) is 6.08 Å². The smallest absolute Gasteiger partial charge is 0.220 e. The molecule has 2 aliphatic rings. The van der Waals surface area contributed by atoms with Crippen LogP contribution in [0.25, 0.3) is 0 Å². The molecule has 2 saturated heterocycles. The Bertz CT molecular complexity index is 1510. The normalized spacial score (nSPS) is 24.1. The van der Waals surface area contributed by atoms with Crippen molar-refractivity contribution >= 4 is 5.91 Å². The number of carbonyl (C=O) groups is 1. The average Bonchev–Trinajstić information content (AvgIpc) is 3.53. The van der Waals surface area contributed by atoms with Crippen LogP contribution in [0.5, 0.6) is 0 Å². The molecule has 0 radical (unpaired) electrons. The summed E-state index contributed by atoms with van der Waals surface area (Å²) in [5, 5.41) is 87.3. The van der Waals surface area contributed by atoms with E-state index in [1.165, 1.54) is 225 Å². The lowest BCUT2D eigenvalue weighted by atomic mass is 9.97. The molecule has 14 heteroatoms. The Morgan fingerprint density at radius 1 is 0.427 bits per heavy atom. The molecule has 0 bridgehead atoms. The van der Waals surface area contributed by atoms with Crippen LogP contribution in [0, 0.1) is 0 Å². The van der Waals surface area contributed by atoms with Gasteiger partial charge in [-0.15, -0.1) is 0 Å². The molecule has 1 amide bonds. The SMILES string of the molecule is CCCCCCCCC/C=C\CCCCCCCCCC(=O)NC(COC1OC(CO)C(OC2OC(CO)C(O)C(O)C2O)C(O)C1O)C(O)/C=C/CC/C=C/CCCCCCCCCCCCCCCCCCCCCCCCCC. The minimum atomic E-state index is -1.79. The van der Waals surface area contributed by atoms with Crippen LogP contribution in [0.4, 0.5) is 0 Å². The maximum atomic E-state index is 13.3. The highest BCUT2D eigenvalue weighted by molar-refractivity contribution is 5.76. The van der Waals surface area contributed by atoms with Crippen LogP contribution in [0.2, 0.25) is 0 Å². The third-order valence-electron chi connectivity index (χ3n) is 16.8. The summed E-state index contributed by atoms with van der Waals surface area (Å²) in [6, 6.07) is -0.934. The average molecular weight is 1170 g/mol. The summed E-state index contributed by atoms with van der Waals surface area (Å²) >= 11 is 0. The van der Waals surface area contributed by atoms with Gasteiger partial charge in [-0.25, -0.2) is 0 Å². The predicted octanol–water partition coefficient (Wildman–Crippen LogP) is 13.3. The molecule has 82 heavy (non-hydrogen) atoms. The maximum absolute atomic E-state index is 13.3. The van der Waals surface area contributed by atoms with Gasteiger partial charge in [0, 0.05) is 6.42 Å². The quantitative estimate of drug-likeness (QED) is 0.0204. The van der Waals surface area contributed by atoms with Crippen LogP contribution in [-0.4, -0.2) is 140 Å². The third-order valence-corrected chi connectivity index (χ3v) is 16.8. The van der Waals surface area contributed by atoms with Crippen molar-refractivity contribution in [3.8, 4) is 0 Å². The van der Waals surface area contributed by atoms with Gasteiger partial charge in [0.15, 0.2) is 12.6 Å². The number of amides is 1. The summed E-state index contributed by atoms with van der Waals surface area (Å²) in [7, 11) is 0. The molecular formula is C68H127NO13. The number of hydrogen-bond acceptors (Lipinski definition) is 13. The van der Waals surface area contributed by atoms with Crippen LogP contribution in [-0.2, 0) is 23.7 Å². The van der Waals surface area contributed by atoms with Gasteiger partial charge >= 0.3 is 0 Å². The predicted molar refractivity (Wildman–Crippen MR) is 332 cm³/mol. The lowest BCUT2D eigenvalue weighted by Gasteiger charge is -2.46. The first kappa shape index (κ1) is 76.3. The summed E-state index contributed by atoms with van der Waals surface area (Å²) < 4.78 is 22.8. The number of unbranched alkanes of at least 4 members (excludes halogenated alkanes) is 39. The van der Waals surface area contributed by atoms with Gasteiger partial charge in [0.1, 0.15) is 48.8 Å². The fourth-order valence-corrected chi connectivity index (χ4v) is 11.3. The van der Waals surface area contributed by atoms with E-state index in [4.69, 9.17) is 18.9 Å². The van der Waals surface area contributed by atoms with Crippen molar-refractivity contribution in [1.82, 2.24) is 5.32 Å². The van der Waals surface area contributed by atoms with Crippen molar-refractivity contribution in [2.45, 2.75) is 370 Å². The lowest BCUT2D eigenvalue weighted by molar-refractivity contribution is -0.359. The molecule has 482 valence electrons. The summed E-state index contributed by atoms with van der Waals surface area (Å²) in [6.45, 7) is 2.81. The van der Waals surface area contributed by atoms with Gasteiger partial charge in [-0.05, 0) is 57.8 Å². The molecule has 0 aromatic carbocycles. The molecule has 2 rings (SSSR count). The molecule has 12 unspecified atom stereocenters. The summed E-state index contributed by atoms with van der Waals surface area (Å²) in [5.74, 6) is -0.251. The zero-order valence-corrected chi connectivity index (χ0v) is 52.2. The van der Waals surface area contributed by atoms with Gasteiger partial charge in [-0.3, -0.25) is 4.79 Å². The number of carbonyl (C=O) groups excluding carboxylic acids is 1. The summed E-state index contributed by atoms with van der Waals surface area (Å²) in [5.41, 5.74) is 0. The summed E-state index contributed by atoms with van der Waals surface area (Å²) in [6.07, 6.45) is 50.7. The fraction of sp³-hybridized carbons (Fsp3) is 0.897. The first-order valence-electron chi connectivity index (χ1n) is 34.2. The lowest BCUT2D eigenvalue weighted by Crippen LogP contribution is -2.65. The topological polar surface area (TPSA) is 228 Å². The summed E-state index contributed by atoms with van der Waals surface area (Å²) in [4.78, 5) is 13.3.